The Kier molecular flexibility index (Phi) is 61.5. The third-order valence-corrected chi connectivity index (χ3v) is 16.5. The van der Waals surface area contributed by atoms with Gasteiger partial charge in [0.15, 0.2) is 6.10 Å². The van der Waals surface area contributed by atoms with E-state index >= 15 is 0 Å². The van der Waals surface area contributed by atoms with Gasteiger partial charge in [-0.1, -0.05) is 325 Å². The number of allylic oxidation sites excluding steroid dienone is 10. The molecule has 0 aromatic rings. The SMILES string of the molecule is CC/C=C\C/C=C\C/C=C\C/C=C\C/C=C\CCCCCCCC(=O)OC(COC(=O)CCCCCCCCCCCCCCCCCCCCCCCCCCCCCCCCCCCCCCC)COP(=O)(O)OCC[N+](C)(C)C. The number of quaternary nitrogens is 1. The largest absolute Gasteiger partial charge is 0.472 e. The lowest BCUT2D eigenvalue weighted by Crippen LogP contribution is -2.37. The fourth-order valence-electron chi connectivity index (χ4n) is 10.2. The van der Waals surface area contributed by atoms with Crippen LogP contribution in [0.15, 0.2) is 60.8 Å². The molecule has 2 atom stereocenters. The summed E-state index contributed by atoms with van der Waals surface area (Å²) in [5.41, 5.74) is 0. The Hall–Kier alpha value is -2.29. The third kappa shape index (κ3) is 66.8. The molecule has 0 aromatic heterocycles. The zero-order valence-electron chi connectivity index (χ0n) is 54.7. The molecule has 480 valence electrons. The number of hydrogen-bond donors (Lipinski definition) is 1. The predicted octanol–water partition coefficient (Wildman–Crippen LogP) is 22.6. The van der Waals surface area contributed by atoms with Crippen LogP contribution in [0.5, 0.6) is 0 Å². The van der Waals surface area contributed by atoms with E-state index in [0.717, 1.165) is 83.5 Å². The van der Waals surface area contributed by atoms with Gasteiger partial charge in [0.1, 0.15) is 19.8 Å². The molecule has 0 fully saturated rings. The summed E-state index contributed by atoms with van der Waals surface area (Å²) in [6, 6.07) is 0. The number of unbranched alkanes of at least 4 members (excludes halogenated alkanes) is 41. The molecule has 0 amide bonds. The van der Waals surface area contributed by atoms with Crippen LogP contribution in [-0.2, 0) is 32.7 Å². The van der Waals surface area contributed by atoms with E-state index in [1.807, 2.05) is 21.1 Å². The number of carbonyl (C=O) groups is 2. The van der Waals surface area contributed by atoms with Crippen LogP contribution in [0.3, 0.4) is 0 Å². The van der Waals surface area contributed by atoms with Crippen molar-refractivity contribution in [1.82, 2.24) is 0 Å². The van der Waals surface area contributed by atoms with E-state index in [9.17, 15) is 19.0 Å². The van der Waals surface area contributed by atoms with E-state index < -0.39 is 26.5 Å². The highest BCUT2D eigenvalue weighted by atomic mass is 31.2. The monoisotopic (exact) mass is 1170 g/mol. The first-order valence-corrected chi connectivity index (χ1v) is 36.5. The number of phosphoric ester groups is 1. The molecule has 0 heterocycles. The first-order chi connectivity index (χ1) is 40.0. The summed E-state index contributed by atoms with van der Waals surface area (Å²) in [6.45, 7) is 4.34. The van der Waals surface area contributed by atoms with Crippen LogP contribution in [0.1, 0.15) is 335 Å². The topological polar surface area (TPSA) is 108 Å². The number of ether oxygens (including phenoxy) is 2. The third-order valence-electron chi connectivity index (χ3n) is 15.6. The fourth-order valence-corrected chi connectivity index (χ4v) is 11.0. The lowest BCUT2D eigenvalue weighted by Gasteiger charge is -2.24. The Morgan fingerprint density at radius 2 is 0.695 bits per heavy atom. The van der Waals surface area contributed by atoms with Crippen molar-refractivity contribution in [3.05, 3.63) is 60.8 Å². The Balaban J connectivity index is 3.95. The summed E-state index contributed by atoms with van der Waals surface area (Å²) in [6.07, 6.45) is 83.5. The molecule has 0 aromatic carbocycles. The van der Waals surface area contributed by atoms with Crippen LogP contribution in [0.4, 0.5) is 0 Å². The number of hydrogen-bond acceptors (Lipinski definition) is 7. The second kappa shape index (κ2) is 63.2. The number of phosphoric acid groups is 1. The van der Waals surface area contributed by atoms with Gasteiger partial charge in [-0.2, -0.15) is 0 Å². The van der Waals surface area contributed by atoms with Crippen LogP contribution in [0, 0.1) is 0 Å². The Bertz CT molecular complexity index is 1570. The maximum absolute atomic E-state index is 12.8. The van der Waals surface area contributed by atoms with Crippen molar-refractivity contribution in [3.8, 4) is 0 Å². The van der Waals surface area contributed by atoms with Gasteiger partial charge in [-0.3, -0.25) is 18.6 Å². The van der Waals surface area contributed by atoms with Crippen molar-refractivity contribution >= 4 is 19.8 Å². The molecular weight excluding hydrogens is 1040 g/mol. The van der Waals surface area contributed by atoms with Crippen LogP contribution in [0.25, 0.3) is 0 Å². The molecule has 0 radical (unpaired) electrons. The lowest BCUT2D eigenvalue weighted by molar-refractivity contribution is -0.870. The summed E-state index contributed by atoms with van der Waals surface area (Å²) in [4.78, 5) is 35.8. The molecule has 0 aliphatic heterocycles. The highest BCUT2D eigenvalue weighted by Crippen LogP contribution is 2.43. The second-order valence-corrected chi connectivity index (χ2v) is 26.4. The second-order valence-electron chi connectivity index (χ2n) is 24.9. The Morgan fingerprint density at radius 3 is 1.04 bits per heavy atom. The van der Waals surface area contributed by atoms with Crippen molar-refractivity contribution in [3.63, 3.8) is 0 Å². The lowest BCUT2D eigenvalue weighted by atomic mass is 10.0. The summed E-state index contributed by atoms with van der Waals surface area (Å²) < 4.78 is 34.7. The van der Waals surface area contributed by atoms with Gasteiger partial charge in [0.25, 0.3) is 0 Å². The van der Waals surface area contributed by atoms with Crippen molar-refractivity contribution in [1.29, 1.82) is 0 Å². The molecule has 0 aliphatic rings. The molecule has 0 spiro atoms. The minimum atomic E-state index is -4.40. The van der Waals surface area contributed by atoms with Gasteiger partial charge in [-0.15, -0.1) is 0 Å². The van der Waals surface area contributed by atoms with Gasteiger partial charge < -0.3 is 18.9 Å². The van der Waals surface area contributed by atoms with Crippen molar-refractivity contribution in [2.75, 3.05) is 47.5 Å². The molecule has 0 bridgehead atoms. The normalized spacial score (nSPS) is 13.5. The van der Waals surface area contributed by atoms with Gasteiger partial charge in [-0.05, 0) is 57.8 Å². The number of esters is 2. The minimum Gasteiger partial charge on any atom is -0.462 e. The molecule has 1 N–H and O–H groups in total. The smallest absolute Gasteiger partial charge is 0.462 e. The van der Waals surface area contributed by atoms with Gasteiger partial charge in [0.05, 0.1) is 27.7 Å². The summed E-state index contributed by atoms with van der Waals surface area (Å²) in [7, 11) is 1.47. The van der Waals surface area contributed by atoms with E-state index in [0.29, 0.717) is 17.4 Å². The molecule has 0 aliphatic carbocycles. The zero-order valence-corrected chi connectivity index (χ0v) is 55.6. The first kappa shape index (κ1) is 79.7. The van der Waals surface area contributed by atoms with Gasteiger partial charge in [-0.25, -0.2) is 4.57 Å². The summed E-state index contributed by atoms with van der Waals surface area (Å²) in [5.74, 6) is -0.808. The van der Waals surface area contributed by atoms with Gasteiger partial charge >= 0.3 is 19.8 Å². The van der Waals surface area contributed by atoms with E-state index in [1.165, 1.54) is 218 Å². The van der Waals surface area contributed by atoms with Crippen LogP contribution < -0.4 is 0 Å². The molecule has 10 heteroatoms. The Morgan fingerprint density at radius 1 is 0.390 bits per heavy atom. The van der Waals surface area contributed by atoms with Crippen LogP contribution >= 0.6 is 7.82 Å². The Labute approximate surface area is 508 Å². The molecule has 82 heavy (non-hydrogen) atoms. The number of rotatable bonds is 65. The van der Waals surface area contributed by atoms with Gasteiger partial charge in [0, 0.05) is 12.8 Å². The highest BCUT2D eigenvalue weighted by Gasteiger charge is 2.27. The van der Waals surface area contributed by atoms with Crippen LogP contribution in [-0.4, -0.2) is 74.9 Å². The van der Waals surface area contributed by atoms with Crippen LogP contribution in [0.2, 0.25) is 0 Å². The molecule has 9 nitrogen and oxygen atoms in total. The van der Waals surface area contributed by atoms with E-state index in [-0.39, 0.29) is 32.0 Å². The maximum atomic E-state index is 12.8. The average Bonchev–Trinajstić information content (AvgIpc) is 3.46. The highest BCUT2D eigenvalue weighted by molar-refractivity contribution is 7.47. The molecule has 0 saturated carbocycles. The quantitative estimate of drug-likeness (QED) is 0.0211. The minimum absolute atomic E-state index is 0.0266. The first-order valence-electron chi connectivity index (χ1n) is 35.0. The maximum Gasteiger partial charge on any atom is 0.472 e. The number of likely N-dealkylation sites (N-methyl/N-ethyl adjacent to an activating group) is 1. The van der Waals surface area contributed by atoms with Gasteiger partial charge in [0.2, 0.25) is 0 Å². The standard InChI is InChI=1S/C72H134NO8P/c1-6-8-10-12-14-16-18-20-22-24-26-28-29-30-31-32-33-34-35-36-37-38-39-40-41-42-43-45-46-48-50-52-54-56-58-60-62-64-71(74)78-68-70(69-80-82(76,77)79-67-66-73(3,4)5)81-72(75)65-63-61-59-57-55-53-51-49-47-44-27-25-23-21-19-17-15-13-11-9-7-2/h9,11,15,17,21,23,27,44,49,51,70H,6-8,10,12-14,16,18-20,22,24-26,28-43,45-48,50,52-69H2,1-5H3/p+1/b11-9-,17-15-,23-21-,44-27-,51-49-. The van der Waals surface area contributed by atoms with E-state index in [2.05, 4.69) is 74.6 Å². The van der Waals surface area contributed by atoms with E-state index in [1.54, 1.807) is 0 Å². The number of nitrogens with zero attached hydrogens (tertiary/aromatic N) is 1. The molecule has 0 rings (SSSR count). The van der Waals surface area contributed by atoms with Crippen molar-refractivity contribution in [2.45, 2.75) is 341 Å². The van der Waals surface area contributed by atoms with Crippen molar-refractivity contribution in [2.24, 2.45) is 0 Å². The summed E-state index contributed by atoms with van der Waals surface area (Å²) >= 11 is 0. The van der Waals surface area contributed by atoms with Crippen molar-refractivity contribution < 1.29 is 42.1 Å². The summed E-state index contributed by atoms with van der Waals surface area (Å²) in [5, 5.41) is 0. The predicted molar refractivity (Wildman–Crippen MR) is 353 cm³/mol. The number of carbonyl (C=O) groups excluding carboxylic acids is 2. The van der Waals surface area contributed by atoms with E-state index in [4.69, 9.17) is 18.5 Å². The molecular formula is C72H135NO8P+. The zero-order chi connectivity index (χ0) is 59.8. The average molecular weight is 1170 g/mol. The molecule has 0 saturated heterocycles. The fraction of sp³-hybridized carbons (Fsp3) is 0.833. The molecule has 2 unspecified atom stereocenters.